The van der Waals surface area contributed by atoms with Crippen molar-refractivity contribution in [3.05, 3.63) is 40.2 Å². The van der Waals surface area contributed by atoms with Gasteiger partial charge in [0.05, 0.1) is 12.2 Å². The number of carbonyl (C=O) groups is 2. The number of thiophene rings is 1. The van der Waals surface area contributed by atoms with Crippen LogP contribution in [0.2, 0.25) is 0 Å². The number of esters is 1. The summed E-state index contributed by atoms with van der Waals surface area (Å²) in [6.07, 6.45) is 0.722. The van der Waals surface area contributed by atoms with E-state index in [-0.39, 0.29) is 11.7 Å². The first-order valence-electron chi connectivity index (χ1n) is 6.72. The molecule has 0 atom stereocenters. The van der Waals surface area contributed by atoms with Gasteiger partial charge in [0.25, 0.3) is 5.91 Å². The van der Waals surface area contributed by atoms with Crippen molar-refractivity contribution in [1.82, 2.24) is 0 Å². The summed E-state index contributed by atoms with van der Waals surface area (Å²) < 4.78 is 10.4. The van der Waals surface area contributed by atoms with E-state index in [1.807, 2.05) is 13.8 Å². The van der Waals surface area contributed by atoms with E-state index >= 15 is 0 Å². The molecule has 6 heteroatoms. The summed E-state index contributed by atoms with van der Waals surface area (Å²) in [4.78, 5) is 24.9. The fourth-order valence-electron chi connectivity index (χ4n) is 1.82. The van der Waals surface area contributed by atoms with Crippen molar-refractivity contribution in [2.24, 2.45) is 0 Å². The van der Waals surface area contributed by atoms with Crippen LogP contribution in [0, 0.1) is 6.92 Å². The van der Waals surface area contributed by atoms with Gasteiger partial charge in [0.1, 0.15) is 10.8 Å². The molecule has 0 saturated heterocycles. The monoisotopic (exact) mass is 307 g/mol. The van der Waals surface area contributed by atoms with E-state index in [0.717, 1.165) is 17.1 Å². The van der Waals surface area contributed by atoms with E-state index in [9.17, 15) is 9.59 Å². The fraction of sp³-hybridized carbons (Fsp3) is 0.333. The number of furan rings is 1. The molecule has 0 radical (unpaired) electrons. The molecule has 5 nitrogen and oxygen atoms in total. The smallest absolute Gasteiger partial charge is 0.341 e. The van der Waals surface area contributed by atoms with E-state index in [0.29, 0.717) is 17.2 Å². The lowest BCUT2D eigenvalue weighted by Crippen LogP contribution is -2.13. The third kappa shape index (κ3) is 3.52. The molecule has 112 valence electrons. The van der Waals surface area contributed by atoms with Gasteiger partial charge in [0.15, 0.2) is 5.76 Å². The maximum atomic E-state index is 12.1. The molecule has 2 aromatic rings. The summed E-state index contributed by atoms with van der Waals surface area (Å²) in [7, 11) is 0. The summed E-state index contributed by atoms with van der Waals surface area (Å²) in [5, 5.41) is 3.19. The molecule has 0 fully saturated rings. The lowest BCUT2D eigenvalue weighted by Gasteiger charge is -2.04. The Morgan fingerprint density at radius 1 is 1.33 bits per heavy atom. The normalized spacial score (nSPS) is 10.4. The Morgan fingerprint density at radius 2 is 2.10 bits per heavy atom. The molecule has 2 aromatic heterocycles. The van der Waals surface area contributed by atoms with Crippen molar-refractivity contribution < 1.29 is 18.7 Å². The minimum absolute atomic E-state index is 0.229. The Bertz CT molecular complexity index is 656. The van der Waals surface area contributed by atoms with Gasteiger partial charge in [0.2, 0.25) is 0 Å². The number of rotatable bonds is 5. The quantitative estimate of drug-likeness (QED) is 0.856. The van der Waals surface area contributed by atoms with Crippen LogP contribution in [0.15, 0.2) is 22.6 Å². The number of aryl methyl sites for hydroxylation is 2. The lowest BCUT2D eigenvalue weighted by atomic mass is 10.3. The molecule has 0 aliphatic heterocycles. The third-order valence-corrected chi connectivity index (χ3v) is 3.78. The third-order valence-electron chi connectivity index (χ3n) is 2.81. The molecule has 21 heavy (non-hydrogen) atoms. The molecule has 1 N–H and O–H groups in total. The molecule has 0 bridgehead atoms. The van der Waals surface area contributed by atoms with Crippen molar-refractivity contribution in [3.63, 3.8) is 0 Å². The second kappa shape index (κ2) is 6.58. The van der Waals surface area contributed by atoms with Crippen LogP contribution in [0.5, 0.6) is 0 Å². The minimum Gasteiger partial charge on any atom is -0.462 e. The molecule has 2 heterocycles. The largest absolute Gasteiger partial charge is 0.462 e. The highest BCUT2D eigenvalue weighted by Gasteiger charge is 2.19. The SMILES string of the molecule is CCOC(=O)c1cc(C)sc1NC(=O)c1ccc(CC)o1. The van der Waals surface area contributed by atoms with Crippen LogP contribution < -0.4 is 5.32 Å². The minimum atomic E-state index is -0.439. The first-order valence-corrected chi connectivity index (χ1v) is 7.54. The van der Waals surface area contributed by atoms with Crippen LogP contribution >= 0.6 is 11.3 Å². The topological polar surface area (TPSA) is 68.5 Å². The van der Waals surface area contributed by atoms with Crippen LogP contribution in [0.1, 0.15) is 45.4 Å². The summed E-state index contributed by atoms with van der Waals surface area (Å²) in [5.74, 6) is 0.161. The van der Waals surface area contributed by atoms with Crippen molar-refractivity contribution in [2.75, 3.05) is 11.9 Å². The average Bonchev–Trinajstić information content (AvgIpc) is 3.05. The Hall–Kier alpha value is -2.08. The van der Waals surface area contributed by atoms with Gasteiger partial charge in [-0.3, -0.25) is 4.79 Å². The van der Waals surface area contributed by atoms with E-state index in [4.69, 9.17) is 9.15 Å². The number of ether oxygens (including phenoxy) is 1. The Kier molecular flexibility index (Phi) is 4.80. The molecular formula is C15H17NO4S. The molecule has 0 spiro atoms. The standard InChI is InChI=1S/C15H17NO4S/c1-4-10-6-7-12(20-10)13(17)16-14-11(8-9(3)21-14)15(18)19-5-2/h6-8H,4-5H2,1-3H3,(H,16,17). The lowest BCUT2D eigenvalue weighted by molar-refractivity contribution is 0.0528. The Labute approximate surface area is 126 Å². The number of amides is 1. The van der Waals surface area contributed by atoms with Crippen molar-refractivity contribution in [2.45, 2.75) is 27.2 Å². The maximum Gasteiger partial charge on any atom is 0.341 e. The predicted octanol–water partition coefficient (Wildman–Crippen LogP) is 3.64. The van der Waals surface area contributed by atoms with Crippen LogP contribution in [0.3, 0.4) is 0 Å². The number of nitrogens with one attached hydrogen (secondary N) is 1. The average molecular weight is 307 g/mol. The molecule has 2 rings (SSSR count). The first-order chi connectivity index (χ1) is 10.0. The van der Waals surface area contributed by atoms with E-state index in [1.54, 1.807) is 25.1 Å². The summed E-state index contributed by atoms with van der Waals surface area (Å²) in [6.45, 7) is 5.84. The highest BCUT2D eigenvalue weighted by atomic mass is 32.1. The molecule has 1 amide bonds. The van der Waals surface area contributed by atoms with E-state index in [1.165, 1.54) is 11.3 Å². The van der Waals surface area contributed by atoms with Crippen molar-refractivity contribution in [3.8, 4) is 0 Å². The van der Waals surface area contributed by atoms with Crippen LogP contribution in [0.4, 0.5) is 5.00 Å². The molecule has 0 aliphatic carbocycles. The van der Waals surface area contributed by atoms with Crippen LogP contribution in [-0.4, -0.2) is 18.5 Å². The maximum absolute atomic E-state index is 12.1. The Morgan fingerprint density at radius 3 is 2.71 bits per heavy atom. The van der Waals surface area contributed by atoms with E-state index < -0.39 is 5.97 Å². The van der Waals surface area contributed by atoms with Gasteiger partial charge in [-0.05, 0) is 32.0 Å². The molecule has 0 unspecified atom stereocenters. The summed E-state index contributed by atoms with van der Waals surface area (Å²) in [5.41, 5.74) is 0.370. The highest BCUT2D eigenvalue weighted by Crippen LogP contribution is 2.29. The number of carbonyl (C=O) groups excluding carboxylic acids is 2. The predicted molar refractivity (Wildman–Crippen MR) is 81.1 cm³/mol. The second-order valence-corrected chi connectivity index (χ2v) is 5.65. The molecule has 0 aromatic carbocycles. The van der Waals surface area contributed by atoms with Gasteiger partial charge >= 0.3 is 5.97 Å². The molecule has 0 aliphatic rings. The number of hydrogen-bond acceptors (Lipinski definition) is 5. The van der Waals surface area contributed by atoms with E-state index in [2.05, 4.69) is 5.32 Å². The first kappa shape index (κ1) is 15.3. The van der Waals surface area contributed by atoms with Gasteiger partial charge < -0.3 is 14.5 Å². The highest BCUT2D eigenvalue weighted by molar-refractivity contribution is 7.16. The Balaban J connectivity index is 2.19. The summed E-state index contributed by atoms with van der Waals surface area (Å²) >= 11 is 1.33. The van der Waals surface area contributed by atoms with Gasteiger partial charge in [-0.15, -0.1) is 11.3 Å². The van der Waals surface area contributed by atoms with Crippen molar-refractivity contribution >= 4 is 28.2 Å². The zero-order chi connectivity index (χ0) is 15.4. The van der Waals surface area contributed by atoms with Gasteiger partial charge in [-0.25, -0.2) is 4.79 Å². The van der Waals surface area contributed by atoms with Gasteiger partial charge in [0, 0.05) is 11.3 Å². The molecular weight excluding hydrogens is 290 g/mol. The zero-order valence-corrected chi connectivity index (χ0v) is 13.0. The summed E-state index contributed by atoms with van der Waals surface area (Å²) in [6, 6.07) is 5.09. The number of hydrogen-bond donors (Lipinski definition) is 1. The second-order valence-electron chi connectivity index (χ2n) is 4.39. The zero-order valence-electron chi connectivity index (χ0n) is 12.2. The number of anilines is 1. The van der Waals surface area contributed by atoms with Gasteiger partial charge in [-0.2, -0.15) is 0 Å². The molecule has 0 saturated carbocycles. The van der Waals surface area contributed by atoms with Crippen molar-refractivity contribution in [1.29, 1.82) is 0 Å². The van der Waals surface area contributed by atoms with Crippen LogP contribution in [-0.2, 0) is 11.2 Å². The fourth-order valence-corrected chi connectivity index (χ4v) is 2.72. The van der Waals surface area contributed by atoms with Crippen LogP contribution in [0.25, 0.3) is 0 Å². The van der Waals surface area contributed by atoms with Gasteiger partial charge in [-0.1, -0.05) is 6.92 Å².